The maximum absolute atomic E-state index is 6.36. The predicted octanol–water partition coefficient (Wildman–Crippen LogP) is 4.48. The summed E-state index contributed by atoms with van der Waals surface area (Å²) in [6.45, 7) is 4.05. The Hall–Kier alpha value is -1.32. The Morgan fingerprint density at radius 1 is 1.10 bits per heavy atom. The van der Waals surface area contributed by atoms with Gasteiger partial charge in [0.2, 0.25) is 0 Å². The van der Waals surface area contributed by atoms with Gasteiger partial charge < -0.3 is 10.5 Å². The molecule has 2 N–H and O–H groups in total. The van der Waals surface area contributed by atoms with Crippen molar-refractivity contribution in [1.82, 2.24) is 0 Å². The molecule has 2 aromatic rings. The molecule has 0 spiro atoms. The van der Waals surface area contributed by atoms with E-state index in [0.717, 1.165) is 22.2 Å². The minimum atomic E-state index is -0.0701. The number of hydrogen-bond donors (Lipinski definition) is 1. The Balaban J connectivity index is 2.18. The Morgan fingerprint density at radius 2 is 1.85 bits per heavy atom. The lowest BCUT2D eigenvalue weighted by Gasteiger charge is -2.19. The molecule has 0 heterocycles. The molecule has 0 saturated carbocycles. The highest BCUT2D eigenvalue weighted by Crippen LogP contribution is 2.27. The van der Waals surface area contributed by atoms with E-state index >= 15 is 0 Å². The predicted molar refractivity (Wildman–Crippen MR) is 87.0 cm³/mol. The lowest BCUT2D eigenvalue weighted by molar-refractivity contribution is 0.238. The zero-order chi connectivity index (χ0) is 14.5. The molecule has 0 aromatic heterocycles. The summed E-state index contributed by atoms with van der Waals surface area (Å²) in [5.41, 5.74) is 8.63. The fraction of sp³-hybridized carbons (Fsp3) is 0.294. The van der Waals surface area contributed by atoms with Crippen LogP contribution in [0, 0.1) is 0 Å². The van der Waals surface area contributed by atoms with Crippen molar-refractivity contribution in [2.24, 2.45) is 5.73 Å². The molecule has 0 aliphatic rings. The fourth-order valence-corrected chi connectivity index (χ4v) is 2.62. The summed E-state index contributed by atoms with van der Waals surface area (Å²) in [4.78, 5) is 0. The largest absolute Gasteiger partial charge is 0.491 e. The molecule has 2 rings (SSSR count). The van der Waals surface area contributed by atoms with Crippen LogP contribution >= 0.6 is 15.9 Å². The standard InChI is InChI=1S/C17H20BrNO/c1-12(2)20-17-9-4-3-8-15(17)16(19)11-13-6-5-7-14(18)10-13/h3-10,12,16H,11,19H2,1-2H3. The summed E-state index contributed by atoms with van der Waals surface area (Å²) in [6, 6.07) is 16.2. The molecule has 0 saturated heterocycles. The van der Waals surface area contributed by atoms with Crippen molar-refractivity contribution in [3.05, 3.63) is 64.1 Å². The van der Waals surface area contributed by atoms with Crippen molar-refractivity contribution in [2.45, 2.75) is 32.4 Å². The van der Waals surface area contributed by atoms with Crippen LogP contribution in [0.3, 0.4) is 0 Å². The van der Waals surface area contributed by atoms with E-state index in [1.165, 1.54) is 5.56 Å². The van der Waals surface area contributed by atoms with Gasteiger partial charge in [-0.2, -0.15) is 0 Å². The normalized spacial score (nSPS) is 12.4. The minimum Gasteiger partial charge on any atom is -0.491 e. The lowest BCUT2D eigenvalue weighted by Crippen LogP contribution is -2.16. The Labute approximate surface area is 129 Å². The number of benzene rings is 2. The minimum absolute atomic E-state index is 0.0701. The average Bonchev–Trinajstić information content (AvgIpc) is 2.38. The van der Waals surface area contributed by atoms with Crippen LogP contribution in [-0.4, -0.2) is 6.10 Å². The smallest absolute Gasteiger partial charge is 0.124 e. The SMILES string of the molecule is CC(C)Oc1ccccc1C(N)Cc1cccc(Br)c1. The first-order chi connectivity index (χ1) is 9.56. The molecule has 2 nitrogen and oxygen atoms in total. The number of halogens is 1. The summed E-state index contributed by atoms with van der Waals surface area (Å²) in [5.74, 6) is 0.880. The second kappa shape index (κ2) is 6.91. The van der Waals surface area contributed by atoms with Crippen LogP contribution in [0.1, 0.15) is 31.0 Å². The van der Waals surface area contributed by atoms with Gasteiger partial charge in [0.1, 0.15) is 5.75 Å². The fourth-order valence-electron chi connectivity index (χ4n) is 2.18. The molecular weight excluding hydrogens is 314 g/mol. The molecular formula is C17H20BrNO. The van der Waals surface area contributed by atoms with Crippen molar-refractivity contribution in [3.63, 3.8) is 0 Å². The zero-order valence-corrected chi connectivity index (χ0v) is 13.4. The van der Waals surface area contributed by atoms with Gasteiger partial charge in [0, 0.05) is 16.1 Å². The summed E-state index contributed by atoms with van der Waals surface area (Å²) in [7, 11) is 0. The second-order valence-electron chi connectivity index (χ2n) is 5.14. The van der Waals surface area contributed by atoms with Crippen LogP contribution < -0.4 is 10.5 Å². The number of nitrogens with two attached hydrogens (primary N) is 1. The van der Waals surface area contributed by atoms with E-state index in [1.54, 1.807) is 0 Å². The molecule has 2 aromatic carbocycles. The molecule has 1 atom stereocenters. The van der Waals surface area contributed by atoms with Gasteiger partial charge >= 0.3 is 0 Å². The monoisotopic (exact) mass is 333 g/mol. The third-order valence-corrected chi connectivity index (χ3v) is 3.52. The van der Waals surface area contributed by atoms with E-state index in [9.17, 15) is 0 Å². The van der Waals surface area contributed by atoms with Crippen LogP contribution in [0.15, 0.2) is 53.0 Å². The third kappa shape index (κ3) is 4.09. The number of ether oxygens (including phenoxy) is 1. The number of rotatable bonds is 5. The van der Waals surface area contributed by atoms with Crippen molar-refractivity contribution >= 4 is 15.9 Å². The number of hydrogen-bond acceptors (Lipinski definition) is 2. The summed E-state index contributed by atoms with van der Waals surface area (Å²) >= 11 is 3.49. The van der Waals surface area contributed by atoms with E-state index in [0.29, 0.717) is 0 Å². The van der Waals surface area contributed by atoms with Crippen LogP contribution in [-0.2, 0) is 6.42 Å². The first kappa shape index (κ1) is 15.1. The van der Waals surface area contributed by atoms with Gasteiger partial charge in [0.05, 0.1) is 6.10 Å². The third-order valence-electron chi connectivity index (χ3n) is 3.03. The molecule has 1 unspecified atom stereocenters. The van der Waals surface area contributed by atoms with E-state index in [-0.39, 0.29) is 12.1 Å². The topological polar surface area (TPSA) is 35.2 Å². The van der Waals surface area contributed by atoms with Gasteiger partial charge in [-0.25, -0.2) is 0 Å². The van der Waals surface area contributed by atoms with Gasteiger partial charge in [-0.1, -0.05) is 46.3 Å². The van der Waals surface area contributed by atoms with Crippen molar-refractivity contribution in [2.75, 3.05) is 0 Å². The molecule has 0 aliphatic heterocycles. The Kier molecular flexibility index (Phi) is 5.21. The molecule has 0 amide bonds. The number of para-hydroxylation sites is 1. The van der Waals surface area contributed by atoms with Crippen LogP contribution in [0.4, 0.5) is 0 Å². The highest BCUT2D eigenvalue weighted by molar-refractivity contribution is 9.10. The lowest BCUT2D eigenvalue weighted by atomic mass is 9.99. The Bertz CT molecular complexity index is 568. The highest BCUT2D eigenvalue weighted by Gasteiger charge is 2.13. The maximum Gasteiger partial charge on any atom is 0.124 e. The second-order valence-corrected chi connectivity index (χ2v) is 6.06. The van der Waals surface area contributed by atoms with Crippen LogP contribution in [0.5, 0.6) is 5.75 Å². The van der Waals surface area contributed by atoms with Crippen LogP contribution in [0.25, 0.3) is 0 Å². The molecule has 0 aliphatic carbocycles. The van der Waals surface area contributed by atoms with Gasteiger partial charge in [0.25, 0.3) is 0 Å². The average molecular weight is 334 g/mol. The van der Waals surface area contributed by atoms with Crippen molar-refractivity contribution in [1.29, 1.82) is 0 Å². The van der Waals surface area contributed by atoms with Crippen molar-refractivity contribution < 1.29 is 4.74 Å². The van der Waals surface area contributed by atoms with Crippen molar-refractivity contribution in [3.8, 4) is 5.75 Å². The molecule has 3 heteroatoms. The molecule has 0 fully saturated rings. The van der Waals surface area contributed by atoms with E-state index in [4.69, 9.17) is 10.5 Å². The van der Waals surface area contributed by atoms with Gasteiger partial charge in [0.15, 0.2) is 0 Å². The molecule has 0 bridgehead atoms. The molecule has 20 heavy (non-hydrogen) atoms. The quantitative estimate of drug-likeness (QED) is 0.875. The summed E-state index contributed by atoms with van der Waals surface area (Å²) in [5, 5.41) is 0. The zero-order valence-electron chi connectivity index (χ0n) is 11.8. The van der Waals surface area contributed by atoms with Crippen LogP contribution in [0.2, 0.25) is 0 Å². The highest BCUT2D eigenvalue weighted by atomic mass is 79.9. The Morgan fingerprint density at radius 3 is 2.55 bits per heavy atom. The summed E-state index contributed by atoms with van der Waals surface area (Å²) in [6.07, 6.45) is 0.937. The molecule has 0 radical (unpaired) electrons. The first-order valence-corrected chi connectivity index (χ1v) is 7.61. The van der Waals surface area contributed by atoms with Gasteiger partial charge in [-0.05, 0) is 44.0 Å². The maximum atomic E-state index is 6.36. The first-order valence-electron chi connectivity index (χ1n) is 6.82. The van der Waals surface area contributed by atoms with Gasteiger partial charge in [-0.3, -0.25) is 0 Å². The van der Waals surface area contributed by atoms with E-state index < -0.39 is 0 Å². The summed E-state index contributed by atoms with van der Waals surface area (Å²) < 4.78 is 6.92. The van der Waals surface area contributed by atoms with Gasteiger partial charge in [-0.15, -0.1) is 0 Å². The molecule has 106 valence electrons. The van der Waals surface area contributed by atoms with E-state index in [2.05, 4.69) is 28.1 Å². The van der Waals surface area contributed by atoms with E-state index in [1.807, 2.05) is 50.2 Å².